The van der Waals surface area contributed by atoms with Gasteiger partial charge in [0, 0.05) is 25.0 Å². The number of amides is 1. The van der Waals surface area contributed by atoms with Crippen molar-refractivity contribution in [3.05, 3.63) is 45.9 Å². The van der Waals surface area contributed by atoms with Gasteiger partial charge in [0.05, 0.1) is 11.4 Å². The first-order valence-corrected chi connectivity index (χ1v) is 8.09. The van der Waals surface area contributed by atoms with Crippen LogP contribution in [0.25, 0.3) is 0 Å². The lowest BCUT2D eigenvalue weighted by Crippen LogP contribution is -2.44. The van der Waals surface area contributed by atoms with Gasteiger partial charge in [-0.2, -0.15) is 0 Å². The smallest absolute Gasteiger partial charge is 0.264 e. The molecule has 1 aliphatic heterocycles. The Morgan fingerprint density at radius 2 is 2.38 bits per heavy atom. The van der Waals surface area contributed by atoms with E-state index in [9.17, 15) is 4.79 Å². The van der Waals surface area contributed by atoms with Crippen molar-refractivity contribution in [2.24, 2.45) is 0 Å². The van der Waals surface area contributed by atoms with E-state index in [0.29, 0.717) is 17.3 Å². The van der Waals surface area contributed by atoms with Gasteiger partial charge in [0.15, 0.2) is 0 Å². The van der Waals surface area contributed by atoms with Crippen molar-refractivity contribution < 1.29 is 9.53 Å². The van der Waals surface area contributed by atoms with Crippen LogP contribution in [-0.4, -0.2) is 35.0 Å². The zero-order chi connectivity index (χ0) is 14.7. The monoisotopic (exact) mass is 322 g/mol. The van der Waals surface area contributed by atoms with Crippen molar-refractivity contribution in [2.75, 3.05) is 13.1 Å². The zero-order valence-corrected chi connectivity index (χ0v) is 12.9. The van der Waals surface area contributed by atoms with Crippen molar-refractivity contribution in [1.29, 1.82) is 0 Å². The Hall–Kier alpha value is -1.59. The van der Waals surface area contributed by atoms with Gasteiger partial charge in [-0.05, 0) is 24.3 Å². The first-order chi connectivity index (χ1) is 10.2. The predicted molar refractivity (Wildman–Crippen MR) is 83.1 cm³/mol. The Labute approximate surface area is 132 Å². The molecule has 2 aromatic rings. The number of halogens is 1. The second-order valence-electron chi connectivity index (χ2n) is 4.92. The van der Waals surface area contributed by atoms with Gasteiger partial charge in [-0.3, -0.25) is 9.78 Å². The second kappa shape index (κ2) is 6.45. The third-order valence-corrected chi connectivity index (χ3v) is 4.57. The highest BCUT2D eigenvalue weighted by Gasteiger charge is 2.26. The standard InChI is InChI=1S/C15H15ClN2O2S/c16-12-9-17-6-5-13(12)20-11-3-1-7-18(10-11)15(19)14-4-2-8-21-14/h2,4-6,8-9,11H,1,3,7,10H2. The minimum absolute atomic E-state index is 0.0254. The Bertz CT molecular complexity index is 618. The first kappa shape index (κ1) is 14.4. The maximum atomic E-state index is 12.4. The molecule has 0 bridgehead atoms. The summed E-state index contributed by atoms with van der Waals surface area (Å²) in [6, 6.07) is 5.51. The zero-order valence-electron chi connectivity index (χ0n) is 11.4. The molecule has 1 amide bonds. The van der Waals surface area contributed by atoms with Crippen molar-refractivity contribution in [2.45, 2.75) is 18.9 Å². The predicted octanol–water partition coefficient (Wildman–Crippen LogP) is 3.48. The van der Waals surface area contributed by atoms with Gasteiger partial charge >= 0.3 is 0 Å². The van der Waals surface area contributed by atoms with Crippen LogP contribution in [0.2, 0.25) is 5.02 Å². The van der Waals surface area contributed by atoms with Gasteiger partial charge in [-0.15, -0.1) is 11.3 Å². The first-order valence-electron chi connectivity index (χ1n) is 6.83. The molecule has 1 aliphatic rings. The molecule has 0 aromatic carbocycles. The molecule has 0 saturated carbocycles. The maximum Gasteiger partial charge on any atom is 0.264 e. The summed E-state index contributed by atoms with van der Waals surface area (Å²) in [6.45, 7) is 1.37. The fourth-order valence-electron chi connectivity index (χ4n) is 2.41. The summed E-state index contributed by atoms with van der Waals surface area (Å²) < 4.78 is 5.92. The summed E-state index contributed by atoms with van der Waals surface area (Å²) in [4.78, 5) is 18.9. The molecule has 21 heavy (non-hydrogen) atoms. The SMILES string of the molecule is O=C(c1cccs1)N1CCCC(Oc2ccncc2Cl)C1. The average Bonchev–Trinajstić information content (AvgIpc) is 3.03. The Morgan fingerprint density at radius 3 is 3.14 bits per heavy atom. The van der Waals surface area contributed by atoms with E-state index in [1.165, 1.54) is 11.3 Å². The lowest BCUT2D eigenvalue weighted by Gasteiger charge is -2.32. The van der Waals surface area contributed by atoms with E-state index >= 15 is 0 Å². The van der Waals surface area contributed by atoms with Crippen molar-refractivity contribution >= 4 is 28.8 Å². The van der Waals surface area contributed by atoms with Crippen LogP contribution in [0.4, 0.5) is 0 Å². The second-order valence-corrected chi connectivity index (χ2v) is 6.27. The van der Waals surface area contributed by atoms with E-state index in [0.717, 1.165) is 24.3 Å². The van der Waals surface area contributed by atoms with Gasteiger partial charge < -0.3 is 9.64 Å². The molecule has 4 nitrogen and oxygen atoms in total. The van der Waals surface area contributed by atoms with Crippen LogP contribution in [0.3, 0.4) is 0 Å². The number of likely N-dealkylation sites (tertiary alicyclic amines) is 1. The molecule has 0 spiro atoms. The Kier molecular flexibility index (Phi) is 4.41. The molecule has 1 saturated heterocycles. The van der Waals surface area contributed by atoms with E-state index in [2.05, 4.69) is 4.98 Å². The van der Waals surface area contributed by atoms with Crippen LogP contribution in [-0.2, 0) is 0 Å². The third kappa shape index (κ3) is 3.36. The summed E-state index contributed by atoms with van der Waals surface area (Å²) in [5.74, 6) is 0.709. The minimum Gasteiger partial charge on any atom is -0.487 e. The molecular formula is C15H15ClN2O2S. The fourth-order valence-corrected chi connectivity index (χ4v) is 3.27. The van der Waals surface area contributed by atoms with E-state index in [4.69, 9.17) is 16.3 Å². The molecule has 3 heterocycles. The van der Waals surface area contributed by atoms with Crippen LogP contribution in [0.1, 0.15) is 22.5 Å². The van der Waals surface area contributed by atoms with Gasteiger partial charge in [0.2, 0.25) is 0 Å². The van der Waals surface area contributed by atoms with Crippen molar-refractivity contribution in [3.8, 4) is 5.75 Å². The largest absolute Gasteiger partial charge is 0.487 e. The van der Waals surface area contributed by atoms with Crippen LogP contribution >= 0.6 is 22.9 Å². The third-order valence-electron chi connectivity index (χ3n) is 3.43. The fraction of sp³-hybridized carbons (Fsp3) is 0.333. The van der Waals surface area contributed by atoms with Crippen LogP contribution in [0.15, 0.2) is 36.0 Å². The van der Waals surface area contributed by atoms with Gasteiger partial charge in [-0.25, -0.2) is 0 Å². The number of ether oxygens (including phenoxy) is 1. The van der Waals surface area contributed by atoms with Crippen LogP contribution in [0.5, 0.6) is 5.75 Å². The summed E-state index contributed by atoms with van der Waals surface area (Å²) in [5.41, 5.74) is 0. The highest BCUT2D eigenvalue weighted by Crippen LogP contribution is 2.26. The summed E-state index contributed by atoms with van der Waals surface area (Å²) in [7, 11) is 0. The number of pyridine rings is 1. The molecule has 2 aromatic heterocycles. The van der Waals surface area contributed by atoms with Gasteiger partial charge in [0.25, 0.3) is 5.91 Å². The van der Waals surface area contributed by atoms with Crippen molar-refractivity contribution in [3.63, 3.8) is 0 Å². The lowest BCUT2D eigenvalue weighted by molar-refractivity contribution is 0.0542. The van der Waals surface area contributed by atoms with E-state index < -0.39 is 0 Å². The molecule has 110 valence electrons. The Morgan fingerprint density at radius 1 is 1.48 bits per heavy atom. The van der Waals surface area contributed by atoms with Gasteiger partial charge in [0.1, 0.15) is 16.9 Å². The summed E-state index contributed by atoms with van der Waals surface area (Å²) in [5, 5.41) is 2.42. The topological polar surface area (TPSA) is 42.4 Å². The molecule has 3 rings (SSSR count). The van der Waals surface area contributed by atoms with E-state index in [1.807, 2.05) is 22.4 Å². The normalized spacial score (nSPS) is 18.5. The maximum absolute atomic E-state index is 12.4. The number of carbonyl (C=O) groups excluding carboxylic acids is 1. The number of nitrogens with zero attached hydrogens (tertiary/aromatic N) is 2. The number of aromatic nitrogens is 1. The molecule has 0 aliphatic carbocycles. The van der Waals surface area contributed by atoms with Crippen molar-refractivity contribution in [1.82, 2.24) is 9.88 Å². The van der Waals surface area contributed by atoms with Crippen LogP contribution < -0.4 is 4.74 Å². The number of rotatable bonds is 3. The number of piperidine rings is 1. The molecule has 1 fully saturated rings. The molecule has 6 heteroatoms. The van der Waals surface area contributed by atoms with Crippen LogP contribution in [0, 0.1) is 0 Å². The molecule has 1 atom stereocenters. The lowest BCUT2D eigenvalue weighted by atomic mass is 10.1. The molecule has 0 N–H and O–H groups in total. The molecule has 0 radical (unpaired) electrons. The molecular weight excluding hydrogens is 308 g/mol. The number of thiophene rings is 1. The number of hydrogen-bond donors (Lipinski definition) is 0. The summed E-state index contributed by atoms with van der Waals surface area (Å²) >= 11 is 7.53. The number of hydrogen-bond acceptors (Lipinski definition) is 4. The quantitative estimate of drug-likeness (QED) is 0.869. The minimum atomic E-state index is -0.0254. The van der Waals surface area contributed by atoms with E-state index in [-0.39, 0.29) is 12.0 Å². The highest BCUT2D eigenvalue weighted by molar-refractivity contribution is 7.12. The highest BCUT2D eigenvalue weighted by atomic mass is 35.5. The number of carbonyl (C=O) groups is 1. The van der Waals surface area contributed by atoms with E-state index in [1.54, 1.807) is 18.5 Å². The Balaban J connectivity index is 1.66. The summed E-state index contributed by atoms with van der Waals surface area (Å²) in [6.07, 6.45) is 5.05. The molecule has 1 unspecified atom stereocenters. The van der Waals surface area contributed by atoms with Gasteiger partial charge in [-0.1, -0.05) is 17.7 Å². The average molecular weight is 323 g/mol.